The Bertz CT molecular complexity index is 591. The number of piperidine rings is 1. The SMILES string of the molecule is CCN(CC)C(C(=O)NC1CCN(C(=O)CC(C)C)CC1)c1ccccc1. The Morgan fingerprint density at radius 3 is 2.22 bits per heavy atom. The summed E-state index contributed by atoms with van der Waals surface area (Å²) in [5.41, 5.74) is 1.03. The van der Waals surface area contributed by atoms with E-state index < -0.39 is 0 Å². The molecular formula is C22H35N3O2. The quantitative estimate of drug-likeness (QED) is 0.761. The number of likely N-dealkylation sites (N-methyl/N-ethyl adjacent to an activating group) is 1. The number of hydrogen-bond donors (Lipinski definition) is 1. The molecule has 1 saturated heterocycles. The van der Waals surface area contributed by atoms with Crippen molar-refractivity contribution in [2.24, 2.45) is 5.92 Å². The average molecular weight is 374 g/mol. The first-order chi connectivity index (χ1) is 13.0. The standard InChI is InChI=1S/C22H35N3O2/c1-5-24(6-2)21(18-10-8-7-9-11-18)22(27)23-19-12-14-25(15-13-19)20(26)16-17(3)4/h7-11,17,19,21H,5-6,12-16H2,1-4H3,(H,23,27). The van der Waals surface area contributed by atoms with Gasteiger partial charge >= 0.3 is 0 Å². The van der Waals surface area contributed by atoms with Crippen LogP contribution in [0, 0.1) is 5.92 Å². The number of hydrogen-bond acceptors (Lipinski definition) is 3. The van der Waals surface area contributed by atoms with Crippen LogP contribution in [0.15, 0.2) is 30.3 Å². The van der Waals surface area contributed by atoms with Crippen molar-refractivity contribution in [3.63, 3.8) is 0 Å². The first-order valence-electron chi connectivity index (χ1n) is 10.3. The van der Waals surface area contributed by atoms with Gasteiger partial charge in [-0.1, -0.05) is 58.0 Å². The molecule has 0 aliphatic carbocycles. The van der Waals surface area contributed by atoms with Gasteiger partial charge in [-0.3, -0.25) is 14.5 Å². The fourth-order valence-electron chi connectivity index (χ4n) is 3.78. The zero-order valence-electron chi connectivity index (χ0n) is 17.3. The van der Waals surface area contributed by atoms with E-state index in [2.05, 4.69) is 37.9 Å². The van der Waals surface area contributed by atoms with E-state index in [0.717, 1.165) is 44.6 Å². The summed E-state index contributed by atoms with van der Waals surface area (Å²) >= 11 is 0. The Morgan fingerprint density at radius 2 is 1.70 bits per heavy atom. The van der Waals surface area contributed by atoms with Gasteiger partial charge in [-0.05, 0) is 37.4 Å². The second kappa shape index (κ2) is 10.5. The van der Waals surface area contributed by atoms with E-state index in [1.807, 2.05) is 35.2 Å². The largest absolute Gasteiger partial charge is 0.352 e. The minimum Gasteiger partial charge on any atom is -0.352 e. The summed E-state index contributed by atoms with van der Waals surface area (Å²) < 4.78 is 0. The van der Waals surface area contributed by atoms with Gasteiger partial charge in [-0.2, -0.15) is 0 Å². The third-order valence-corrected chi connectivity index (χ3v) is 5.32. The van der Waals surface area contributed by atoms with Gasteiger partial charge in [0.05, 0.1) is 0 Å². The highest BCUT2D eigenvalue weighted by Gasteiger charge is 2.29. The van der Waals surface area contributed by atoms with E-state index >= 15 is 0 Å². The zero-order valence-corrected chi connectivity index (χ0v) is 17.3. The Hall–Kier alpha value is -1.88. The summed E-state index contributed by atoms with van der Waals surface area (Å²) in [6, 6.07) is 9.87. The molecule has 1 aromatic carbocycles. The van der Waals surface area contributed by atoms with Gasteiger partial charge in [0, 0.05) is 25.6 Å². The van der Waals surface area contributed by atoms with E-state index in [1.54, 1.807) is 0 Å². The molecule has 150 valence electrons. The van der Waals surface area contributed by atoms with E-state index in [1.165, 1.54) is 0 Å². The first kappa shape index (κ1) is 21.4. The van der Waals surface area contributed by atoms with Gasteiger partial charge in [-0.25, -0.2) is 0 Å². The maximum Gasteiger partial charge on any atom is 0.242 e. The summed E-state index contributed by atoms with van der Waals surface area (Å²) in [6.45, 7) is 11.4. The van der Waals surface area contributed by atoms with Crippen molar-refractivity contribution in [2.75, 3.05) is 26.2 Å². The Labute approximate surface area is 164 Å². The van der Waals surface area contributed by atoms with E-state index in [0.29, 0.717) is 12.3 Å². The van der Waals surface area contributed by atoms with E-state index in [4.69, 9.17) is 0 Å². The van der Waals surface area contributed by atoms with Crippen molar-refractivity contribution in [3.8, 4) is 0 Å². The molecule has 1 aromatic rings. The second-order valence-corrected chi connectivity index (χ2v) is 7.80. The maximum atomic E-state index is 13.1. The predicted molar refractivity (Wildman–Crippen MR) is 109 cm³/mol. The van der Waals surface area contributed by atoms with Crippen molar-refractivity contribution < 1.29 is 9.59 Å². The van der Waals surface area contributed by atoms with Gasteiger partial charge in [-0.15, -0.1) is 0 Å². The Morgan fingerprint density at radius 1 is 1.11 bits per heavy atom. The van der Waals surface area contributed by atoms with E-state index in [-0.39, 0.29) is 23.9 Å². The lowest BCUT2D eigenvalue weighted by molar-refractivity contribution is -0.133. The number of amides is 2. The fourth-order valence-corrected chi connectivity index (χ4v) is 3.78. The van der Waals surface area contributed by atoms with Crippen molar-refractivity contribution >= 4 is 11.8 Å². The molecule has 1 fully saturated rings. The summed E-state index contributed by atoms with van der Waals surface area (Å²) in [7, 11) is 0. The molecule has 5 heteroatoms. The van der Waals surface area contributed by atoms with Crippen LogP contribution in [0.5, 0.6) is 0 Å². The van der Waals surface area contributed by atoms with Crippen LogP contribution < -0.4 is 5.32 Å². The molecule has 2 rings (SSSR count). The Kier molecular flexibility index (Phi) is 8.29. The highest BCUT2D eigenvalue weighted by Crippen LogP contribution is 2.22. The summed E-state index contributed by atoms with van der Waals surface area (Å²) in [4.78, 5) is 29.5. The Balaban J connectivity index is 1.97. The molecule has 0 spiro atoms. The summed E-state index contributed by atoms with van der Waals surface area (Å²) in [5.74, 6) is 0.688. The molecule has 1 atom stereocenters. The minimum atomic E-state index is -0.262. The molecule has 2 amide bonds. The topological polar surface area (TPSA) is 52.7 Å². The number of nitrogens with one attached hydrogen (secondary N) is 1. The molecule has 1 aliphatic rings. The fraction of sp³-hybridized carbons (Fsp3) is 0.636. The molecule has 0 saturated carbocycles. The summed E-state index contributed by atoms with van der Waals surface area (Å²) in [5, 5.41) is 3.25. The number of rotatable bonds is 8. The molecule has 1 heterocycles. The van der Waals surface area contributed by atoms with Crippen molar-refractivity contribution in [1.82, 2.24) is 15.1 Å². The predicted octanol–water partition coefficient (Wildman–Crippen LogP) is 3.22. The van der Waals surface area contributed by atoms with Crippen molar-refractivity contribution in [2.45, 2.75) is 59.0 Å². The van der Waals surface area contributed by atoms with Gasteiger partial charge in [0.25, 0.3) is 0 Å². The second-order valence-electron chi connectivity index (χ2n) is 7.80. The average Bonchev–Trinajstić information content (AvgIpc) is 2.66. The zero-order chi connectivity index (χ0) is 19.8. The van der Waals surface area contributed by atoms with Gasteiger partial charge in [0.1, 0.15) is 6.04 Å². The van der Waals surface area contributed by atoms with Crippen molar-refractivity contribution in [3.05, 3.63) is 35.9 Å². The lowest BCUT2D eigenvalue weighted by atomic mass is 10.0. The molecule has 5 nitrogen and oxygen atoms in total. The van der Waals surface area contributed by atoms with Crippen LogP contribution in [-0.2, 0) is 9.59 Å². The molecule has 1 unspecified atom stereocenters. The van der Waals surface area contributed by atoms with Gasteiger partial charge in [0.15, 0.2) is 0 Å². The molecule has 1 aliphatic heterocycles. The number of carbonyl (C=O) groups excluding carboxylic acids is 2. The number of carbonyl (C=O) groups is 2. The molecule has 27 heavy (non-hydrogen) atoms. The highest BCUT2D eigenvalue weighted by atomic mass is 16.2. The smallest absolute Gasteiger partial charge is 0.242 e. The maximum absolute atomic E-state index is 13.1. The van der Waals surface area contributed by atoms with Crippen molar-refractivity contribution in [1.29, 1.82) is 0 Å². The van der Waals surface area contributed by atoms with Crippen LogP contribution in [0.4, 0.5) is 0 Å². The molecule has 0 radical (unpaired) electrons. The van der Waals surface area contributed by atoms with Crippen LogP contribution in [-0.4, -0.2) is 53.8 Å². The lowest BCUT2D eigenvalue weighted by Crippen LogP contribution is -2.49. The van der Waals surface area contributed by atoms with Gasteiger partial charge < -0.3 is 10.2 Å². The van der Waals surface area contributed by atoms with E-state index in [9.17, 15) is 9.59 Å². The summed E-state index contributed by atoms with van der Waals surface area (Å²) in [6.07, 6.45) is 2.26. The molecule has 0 bridgehead atoms. The first-order valence-corrected chi connectivity index (χ1v) is 10.3. The van der Waals surface area contributed by atoms with Crippen LogP contribution >= 0.6 is 0 Å². The normalized spacial score (nSPS) is 16.6. The third-order valence-electron chi connectivity index (χ3n) is 5.32. The lowest BCUT2D eigenvalue weighted by Gasteiger charge is -2.35. The molecular weight excluding hydrogens is 338 g/mol. The minimum absolute atomic E-state index is 0.0665. The van der Waals surface area contributed by atoms with Crippen LogP contribution in [0.1, 0.15) is 58.6 Å². The number of benzene rings is 1. The monoisotopic (exact) mass is 373 g/mol. The van der Waals surface area contributed by atoms with Crippen LogP contribution in [0.3, 0.4) is 0 Å². The van der Waals surface area contributed by atoms with Crippen LogP contribution in [0.25, 0.3) is 0 Å². The van der Waals surface area contributed by atoms with Gasteiger partial charge in [0.2, 0.25) is 11.8 Å². The third kappa shape index (κ3) is 6.06. The number of nitrogens with zero attached hydrogens (tertiary/aromatic N) is 2. The van der Waals surface area contributed by atoms with Crippen LogP contribution in [0.2, 0.25) is 0 Å². The molecule has 1 N–H and O–H groups in total. The molecule has 0 aromatic heterocycles. The number of likely N-dealkylation sites (tertiary alicyclic amines) is 1. The highest BCUT2D eigenvalue weighted by molar-refractivity contribution is 5.83.